The minimum Gasteiger partial charge on any atom is -0.506 e. The van der Waals surface area contributed by atoms with Crippen LogP contribution < -0.4 is 5.32 Å². The zero-order chi connectivity index (χ0) is 9.26. The first-order valence-corrected chi connectivity index (χ1v) is 4.41. The molecule has 13 heavy (non-hydrogen) atoms. The van der Waals surface area contributed by atoms with Crippen molar-refractivity contribution in [3.63, 3.8) is 0 Å². The molecule has 3 heteroatoms. The Hall–Kier alpha value is -1.22. The summed E-state index contributed by atoms with van der Waals surface area (Å²) in [6.07, 6.45) is 1.07. The molecule has 1 aromatic carbocycles. The summed E-state index contributed by atoms with van der Waals surface area (Å²) >= 11 is 0. The molecule has 0 amide bonds. The number of anilines is 1. The van der Waals surface area contributed by atoms with E-state index in [1.807, 2.05) is 12.1 Å². The third-order valence-corrected chi connectivity index (χ3v) is 2.41. The van der Waals surface area contributed by atoms with Gasteiger partial charge in [-0.1, -0.05) is 12.1 Å². The van der Waals surface area contributed by atoms with E-state index in [9.17, 15) is 5.11 Å². The van der Waals surface area contributed by atoms with E-state index in [0.29, 0.717) is 5.75 Å². The maximum Gasteiger partial charge on any atom is 0.139 e. The molecule has 0 aliphatic carbocycles. The summed E-state index contributed by atoms with van der Waals surface area (Å²) in [5, 5.41) is 12.7. The number of phenolic OH excluding ortho intramolecular Hbond substituents is 1. The molecule has 0 radical (unpaired) electrons. The molecule has 2 rings (SSSR count). The van der Waals surface area contributed by atoms with Crippen molar-refractivity contribution in [2.24, 2.45) is 0 Å². The van der Waals surface area contributed by atoms with Gasteiger partial charge in [0.15, 0.2) is 0 Å². The smallest absolute Gasteiger partial charge is 0.139 e. The Bertz CT molecular complexity index is 312. The summed E-state index contributed by atoms with van der Waals surface area (Å²) in [6.45, 7) is 0.850. The molecule has 2 N–H and O–H groups in total. The second kappa shape index (κ2) is 3.26. The predicted octanol–water partition coefficient (Wildman–Crippen LogP) is 1.90. The number of benzene rings is 1. The molecule has 0 saturated carbocycles. The minimum absolute atomic E-state index is 0.114. The lowest BCUT2D eigenvalue weighted by Gasteiger charge is -2.25. The van der Waals surface area contributed by atoms with Crippen LogP contribution in [0.1, 0.15) is 18.1 Å². The van der Waals surface area contributed by atoms with Gasteiger partial charge in [0.25, 0.3) is 0 Å². The third kappa shape index (κ3) is 1.35. The molecular weight excluding hydrogens is 166 g/mol. The first kappa shape index (κ1) is 8.38. The zero-order valence-corrected chi connectivity index (χ0v) is 7.58. The van der Waals surface area contributed by atoms with Gasteiger partial charge in [-0.15, -0.1) is 0 Å². The number of fused-ring (bicyclic) bond motifs is 1. The largest absolute Gasteiger partial charge is 0.506 e. The number of hydrogen-bond donors (Lipinski definition) is 2. The Balaban J connectivity index is 2.45. The fourth-order valence-electron chi connectivity index (χ4n) is 1.75. The second-order valence-electron chi connectivity index (χ2n) is 3.18. The van der Waals surface area contributed by atoms with Gasteiger partial charge in [0, 0.05) is 19.2 Å². The summed E-state index contributed by atoms with van der Waals surface area (Å²) in [5.74, 6) is 0.305. The molecule has 1 aromatic rings. The van der Waals surface area contributed by atoms with E-state index in [0.717, 1.165) is 24.2 Å². The predicted molar refractivity (Wildman–Crippen MR) is 51.0 cm³/mol. The Morgan fingerprint density at radius 1 is 1.54 bits per heavy atom. The van der Waals surface area contributed by atoms with Crippen LogP contribution in [-0.4, -0.2) is 18.8 Å². The minimum atomic E-state index is 0.114. The van der Waals surface area contributed by atoms with Crippen LogP contribution in [0.25, 0.3) is 0 Å². The number of nitrogens with one attached hydrogen (secondary N) is 1. The highest BCUT2D eigenvalue weighted by Crippen LogP contribution is 2.37. The van der Waals surface area contributed by atoms with Crippen LogP contribution in [0.4, 0.5) is 5.69 Å². The van der Waals surface area contributed by atoms with E-state index < -0.39 is 0 Å². The van der Waals surface area contributed by atoms with Gasteiger partial charge in [0.05, 0.1) is 11.8 Å². The van der Waals surface area contributed by atoms with Crippen LogP contribution in [0.3, 0.4) is 0 Å². The van der Waals surface area contributed by atoms with Crippen molar-refractivity contribution in [2.75, 3.05) is 19.0 Å². The molecule has 1 unspecified atom stereocenters. The molecular formula is C10H13NO2. The molecule has 1 aliphatic rings. The van der Waals surface area contributed by atoms with Crippen molar-refractivity contribution in [2.45, 2.75) is 12.5 Å². The van der Waals surface area contributed by atoms with Crippen molar-refractivity contribution >= 4 is 5.69 Å². The van der Waals surface area contributed by atoms with Gasteiger partial charge >= 0.3 is 0 Å². The number of ether oxygens (including phenoxy) is 1. The van der Waals surface area contributed by atoms with Crippen molar-refractivity contribution < 1.29 is 9.84 Å². The Morgan fingerprint density at radius 2 is 2.38 bits per heavy atom. The van der Waals surface area contributed by atoms with Gasteiger partial charge in [0.1, 0.15) is 5.75 Å². The quantitative estimate of drug-likeness (QED) is 0.647. The van der Waals surface area contributed by atoms with E-state index in [4.69, 9.17) is 4.74 Å². The first-order chi connectivity index (χ1) is 6.33. The molecule has 1 heterocycles. The average molecular weight is 179 g/mol. The van der Waals surface area contributed by atoms with Gasteiger partial charge in [0.2, 0.25) is 0 Å². The van der Waals surface area contributed by atoms with Crippen LogP contribution in [0, 0.1) is 0 Å². The molecule has 1 atom stereocenters. The first-order valence-electron chi connectivity index (χ1n) is 4.41. The van der Waals surface area contributed by atoms with Crippen LogP contribution in [0.15, 0.2) is 18.2 Å². The number of phenols is 1. The Morgan fingerprint density at radius 3 is 3.15 bits per heavy atom. The number of aromatic hydroxyl groups is 1. The third-order valence-electron chi connectivity index (χ3n) is 2.41. The number of para-hydroxylation sites is 1. The van der Waals surface area contributed by atoms with E-state index in [1.165, 1.54) is 0 Å². The van der Waals surface area contributed by atoms with Crippen LogP contribution in [0.5, 0.6) is 5.75 Å². The molecule has 3 nitrogen and oxygen atoms in total. The lowest BCUT2D eigenvalue weighted by atomic mass is 10.00. The van der Waals surface area contributed by atoms with E-state index in [1.54, 1.807) is 13.2 Å². The molecule has 70 valence electrons. The highest BCUT2D eigenvalue weighted by molar-refractivity contribution is 5.63. The molecule has 1 aliphatic heterocycles. The fraction of sp³-hybridized carbons (Fsp3) is 0.400. The highest BCUT2D eigenvalue weighted by atomic mass is 16.5. The van der Waals surface area contributed by atoms with Crippen LogP contribution in [0.2, 0.25) is 0 Å². The summed E-state index contributed by atoms with van der Waals surface area (Å²) < 4.78 is 5.32. The summed E-state index contributed by atoms with van der Waals surface area (Å²) in [6, 6.07) is 5.51. The van der Waals surface area contributed by atoms with Gasteiger partial charge in [-0.3, -0.25) is 0 Å². The maximum absolute atomic E-state index is 9.55. The van der Waals surface area contributed by atoms with Gasteiger partial charge in [-0.2, -0.15) is 0 Å². The normalized spacial score (nSPS) is 20.5. The molecule has 0 fully saturated rings. The molecule has 0 bridgehead atoms. The van der Waals surface area contributed by atoms with Crippen LogP contribution >= 0.6 is 0 Å². The van der Waals surface area contributed by atoms with Gasteiger partial charge in [-0.05, 0) is 12.5 Å². The SMILES string of the molecule is COC1CCNc2c(O)cccc21. The number of methoxy groups -OCH3 is 1. The number of rotatable bonds is 1. The van der Waals surface area contributed by atoms with Crippen molar-refractivity contribution in [1.29, 1.82) is 0 Å². The molecule has 0 spiro atoms. The van der Waals surface area contributed by atoms with Crippen molar-refractivity contribution in [3.8, 4) is 5.75 Å². The summed E-state index contributed by atoms with van der Waals surface area (Å²) in [7, 11) is 1.70. The Kier molecular flexibility index (Phi) is 2.10. The van der Waals surface area contributed by atoms with E-state index >= 15 is 0 Å². The lowest BCUT2D eigenvalue weighted by molar-refractivity contribution is 0.0962. The zero-order valence-electron chi connectivity index (χ0n) is 7.58. The molecule has 0 saturated heterocycles. The lowest BCUT2D eigenvalue weighted by Crippen LogP contribution is -2.17. The van der Waals surface area contributed by atoms with Gasteiger partial charge in [-0.25, -0.2) is 0 Å². The standard InChI is InChI=1S/C10H13NO2/c1-13-9-5-6-11-10-7(9)3-2-4-8(10)12/h2-4,9,11-12H,5-6H2,1H3. The molecule has 0 aromatic heterocycles. The monoisotopic (exact) mass is 179 g/mol. The van der Waals surface area contributed by atoms with Crippen molar-refractivity contribution in [3.05, 3.63) is 23.8 Å². The number of hydrogen-bond acceptors (Lipinski definition) is 3. The average Bonchev–Trinajstić information content (AvgIpc) is 2.18. The van der Waals surface area contributed by atoms with Crippen molar-refractivity contribution in [1.82, 2.24) is 0 Å². The maximum atomic E-state index is 9.55. The summed E-state index contributed by atoms with van der Waals surface area (Å²) in [4.78, 5) is 0. The fourth-order valence-corrected chi connectivity index (χ4v) is 1.75. The topological polar surface area (TPSA) is 41.5 Å². The van der Waals surface area contributed by atoms with E-state index in [-0.39, 0.29) is 6.10 Å². The van der Waals surface area contributed by atoms with E-state index in [2.05, 4.69) is 5.32 Å². The van der Waals surface area contributed by atoms with Gasteiger partial charge < -0.3 is 15.2 Å². The van der Waals surface area contributed by atoms with Crippen LogP contribution in [-0.2, 0) is 4.74 Å². The second-order valence-corrected chi connectivity index (χ2v) is 3.18. The highest BCUT2D eigenvalue weighted by Gasteiger charge is 2.21. The summed E-state index contributed by atoms with van der Waals surface area (Å²) in [5.41, 5.74) is 1.87. The Labute approximate surface area is 77.3 Å².